The highest BCUT2D eigenvalue weighted by molar-refractivity contribution is 5.97. The molecule has 0 atom stereocenters. The molecule has 0 radical (unpaired) electrons. The molecule has 31 heavy (non-hydrogen) atoms. The molecule has 0 unspecified atom stereocenters. The quantitative estimate of drug-likeness (QED) is 0.410. The number of nitrogens with two attached hydrogens (primary N) is 1. The van der Waals surface area contributed by atoms with E-state index in [1.165, 1.54) is 18.2 Å². The van der Waals surface area contributed by atoms with Crippen molar-refractivity contribution in [3.8, 4) is 22.4 Å². The van der Waals surface area contributed by atoms with Gasteiger partial charge in [0.15, 0.2) is 0 Å². The standard InChI is InChI=1S/C23H18N4O4/c24-18-5-3-4-15(11-18)21-13-27(26-25-21)12-14-8-16(10-17(9-14)22(28)29)19-6-1-2-7-20(19)23(30)31/h1-11,13H,12,24H2,(H,28,29)(H,30,31). The van der Waals surface area contributed by atoms with Gasteiger partial charge in [0.1, 0.15) is 5.69 Å². The van der Waals surface area contributed by atoms with Gasteiger partial charge in [-0.3, -0.25) is 0 Å². The van der Waals surface area contributed by atoms with Gasteiger partial charge < -0.3 is 15.9 Å². The number of anilines is 1. The molecule has 0 spiro atoms. The molecule has 1 aromatic heterocycles. The summed E-state index contributed by atoms with van der Waals surface area (Å²) in [6.07, 6.45) is 1.74. The summed E-state index contributed by atoms with van der Waals surface area (Å²) in [7, 11) is 0. The van der Waals surface area contributed by atoms with E-state index in [1.54, 1.807) is 47.3 Å². The second-order valence-electron chi connectivity index (χ2n) is 7.00. The summed E-state index contributed by atoms with van der Waals surface area (Å²) in [6, 6.07) is 18.5. The third-order valence-electron chi connectivity index (χ3n) is 4.77. The fraction of sp³-hybridized carbons (Fsp3) is 0.0435. The fourth-order valence-electron chi connectivity index (χ4n) is 3.38. The number of nitrogens with zero attached hydrogens (tertiary/aromatic N) is 3. The highest BCUT2D eigenvalue weighted by Gasteiger charge is 2.15. The van der Waals surface area contributed by atoms with E-state index in [0.717, 1.165) is 5.56 Å². The second-order valence-corrected chi connectivity index (χ2v) is 7.00. The summed E-state index contributed by atoms with van der Waals surface area (Å²) >= 11 is 0. The summed E-state index contributed by atoms with van der Waals surface area (Å²) < 4.78 is 1.59. The lowest BCUT2D eigenvalue weighted by Gasteiger charge is -2.10. The number of benzene rings is 3. The van der Waals surface area contributed by atoms with Crippen LogP contribution in [0, 0.1) is 0 Å². The molecule has 0 saturated carbocycles. The molecular weight excluding hydrogens is 396 g/mol. The van der Waals surface area contributed by atoms with Gasteiger partial charge in [0.2, 0.25) is 0 Å². The van der Waals surface area contributed by atoms with Crippen LogP contribution in [0.2, 0.25) is 0 Å². The number of hydrogen-bond acceptors (Lipinski definition) is 5. The van der Waals surface area contributed by atoms with Crippen LogP contribution in [0.5, 0.6) is 0 Å². The van der Waals surface area contributed by atoms with Crippen LogP contribution in [-0.2, 0) is 6.54 Å². The van der Waals surface area contributed by atoms with Crippen molar-refractivity contribution in [3.05, 3.63) is 89.6 Å². The van der Waals surface area contributed by atoms with E-state index in [-0.39, 0.29) is 17.7 Å². The minimum Gasteiger partial charge on any atom is -0.478 e. The van der Waals surface area contributed by atoms with Gasteiger partial charge >= 0.3 is 11.9 Å². The van der Waals surface area contributed by atoms with Gasteiger partial charge in [0.25, 0.3) is 0 Å². The van der Waals surface area contributed by atoms with Crippen LogP contribution in [0.1, 0.15) is 26.3 Å². The fourth-order valence-corrected chi connectivity index (χ4v) is 3.38. The van der Waals surface area contributed by atoms with Gasteiger partial charge in [-0.25, -0.2) is 14.3 Å². The molecule has 4 aromatic rings. The van der Waals surface area contributed by atoms with Crippen molar-refractivity contribution in [1.82, 2.24) is 15.0 Å². The molecule has 0 bridgehead atoms. The molecule has 8 nitrogen and oxygen atoms in total. The highest BCUT2D eigenvalue weighted by Crippen LogP contribution is 2.27. The Morgan fingerprint density at radius 2 is 1.71 bits per heavy atom. The predicted octanol–water partition coefficient (Wildman–Crippen LogP) is 3.64. The first-order chi connectivity index (χ1) is 14.9. The van der Waals surface area contributed by atoms with Crippen molar-refractivity contribution in [2.45, 2.75) is 6.54 Å². The third-order valence-corrected chi connectivity index (χ3v) is 4.77. The Hall–Kier alpha value is -4.46. The number of aromatic nitrogens is 3. The Kier molecular flexibility index (Phi) is 5.19. The lowest BCUT2D eigenvalue weighted by molar-refractivity contribution is 0.0687. The summed E-state index contributed by atoms with van der Waals surface area (Å²) in [6.45, 7) is 0.263. The zero-order valence-corrected chi connectivity index (χ0v) is 16.3. The van der Waals surface area contributed by atoms with Crippen molar-refractivity contribution in [2.75, 3.05) is 5.73 Å². The lowest BCUT2D eigenvalue weighted by atomic mass is 9.96. The maximum absolute atomic E-state index is 11.7. The number of nitrogen functional groups attached to an aromatic ring is 1. The van der Waals surface area contributed by atoms with Crippen LogP contribution < -0.4 is 5.73 Å². The van der Waals surface area contributed by atoms with Crippen LogP contribution in [0.15, 0.2) is 72.9 Å². The average molecular weight is 414 g/mol. The van der Waals surface area contributed by atoms with Crippen molar-refractivity contribution >= 4 is 17.6 Å². The van der Waals surface area contributed by atoms with E-state index >= 15 is 0 Å². The van der Waals surface area contributed by atoms with Gasteiger partial charge in [-0.05, 0) is 53.1 Å². The Balaban J connectivity index is 1.72. The Morgan fingerprint density at radius 3 is 2.45 bits per heavy atom. The maximum atomic E-state index is 11.7. The van der Waals surface area contributed by atoms with Crippen LogP contribution in [0.25, 0.3) is 22.4 Å². The lowest BCUT2D eigenvalue weighted by Crippen LogP contribution is -2.05. The monoisotopic (exact) mass is 414 g/mol. The van der Waals surface area contributed by atoms with Gasteiger partial charge in [0, 0.05) is 11.3 Å². The molecule has 1 heterocycles. The zero-order valence-electron chi connectivity index (χ0n) is 16.3. The molecule has 0 aliphatic carbocycles. The smallest absolute Gasteiger partial charge is 0.336 e. The van der Waals surface area contributed by atoms with E-state index in [1.807, 2.05) is 12.1 Å². The first-order valence-electron chi connectivity index (χ1n) is 9.37. The zero-order chi connectivity index (χ0) is 22.0. The summed E-state index contributed by atoms with van der Waals surface area (Å²) in [5.74, 6) is -2.18. The maximum Gasteiger partial charge on any atom is 0.336 e. The van der Waals surface area contributed by atoms with Gasteiger partial charge in [-0.1, -0.05) is 35.5 Å². The van der Waals surface area contributed by atoms with Crippen molar-refractivity contribution in [2.24, 2.45) is 0 Å². The van der Waals surface area contributed by atoms with Crippen LogP contribution >= 0.6 is 0 Å². The SMILES string of the molecule is Nc1cccc(-c2cn(Cc3cc(C(=O)O)cc(-c4ccccc4C(=O)O)c3)nn2)c1. The normalized spacial score (nSPS) is 10.7. The largest absolute Gasteiger partial charge is 0.478 e. The van der Waals surface area contributed by atoms with Crippen LogP contribution in [0.3, 0.4) is 0 Å². The first-order valence-corrected chi connectivity index (χ1v) is 9.37. The number of rotatable bonds is 6. The van der Waals surface area contributed by atoms with Crippen molar-refractivity contribution < 1.29 is 19.8 Å². The summed E-state index contributed by atoms with van der Waals surface area (Å²) in [5, 5.41) is 27.3. The van der Waals surface area contributed by atoms with Crippen LogP contribution in [-0.4, -0.2) is 37.1 Å². The molecule has 4 rings (SSSR count). The summed E-state index contributed by atoms with van der Waals surface area (Å²) in [4.78, 5) is 23.3. The number of carbonyl (C=O) groups is 2. The number of hydrogen-bond donors (Lipinski definition) is 3. The van der Waals surface area contributed by atoms with E-state index < -0.39 is 11.9 Å². The molecule has 3 aromatic carbocycles. The number of aromatic carboxylic acids is 2. The molecule has 8 heteroatoms. The Morgan fingerprint density at radius 1 is 0.903 bits per heavy atom. The molecule has 154 valence electrons. The highest BCUT2D eigenvalue weighted by atomic mass is 16.4. The first kappa shape index (κ1) is 19.8. The van der Waals surface area contributed by atoms with Crippen LogP contribution in [0.4, 0.5) is 5.69 Å². The van der Waals surface area contributed by atoms with E-state index in [9.17, 15) is 19.8 Å². The Labute approximate surface area is 177 Å². The second kappa shape index (κ2) is 8.11. The van der Waals surface area contributed by atoms with E-state index in [0.29, 0.717) is 28.1 Å². The topological polar surface area (TPSA) is 131 Å². The molecule has 0 fully saturated rings. The minimum atomic E-state index is -1.10. The third kappa shape index (κ3) is 4.27. The molecule has 0 saturated heterocycles. The van der Waals surface area contributed by atoms with Gasteiger partial charge in [0.05, 0.1) is 23.9 Å². The minimum absolute atomic E-state index is 0.0591. The van der Waals surface area contributed by atoms with Crippen molar-refractivity contribution in [3.63, 3.8) is 0 Å². The van der Waals surface area contributed by atoms with Gasteiger partial charge in [-0.15, -0.1) is 5.10 Å². The average Bonchev–Trinajstić information content (AvgIpc) is 3.22. The number of carboxylic acids is 2. The number of carboxylic acid groups (broad SMARTS) is 2. The summed E-state index contributed by atoms with van der Waals surface area (Å²) in [5.41, 5.74) is 9.65. The molecule has 4 N–H and O–H groups in total. The van der Waals surface area contributed by atoms with E-state index in [4.69, 9.17) is 5.73 Å². The molecule has 0 amide bonds. The predicted molar refractivity (Wildman–Crippen MR) is 115 cm³/mol. The van der Waals surface area contributed by atoms with E-state index in [2.05, 4.69) is 10.3 Å². The van der Waals surface area contributed by atoms with Gasteiger partial charge in [-0.2, -0.15) is 0 Å². The van der Waals surface area contributed by atoms with Crippen molar-refractivity contribution in [1.29, 1.82) is 0 Å². The molecule has 0 aliphatic rings. The Bertz CT molecular complexity index is 1300. The molecular formula is C23H18N4O4. The molecule has 0 aliphatic heterocycles.